The molecule has 2 atom stereocenters. The highest BCUT2D eigenvalue weighted by molar-refractivity contribution is 7.80. The van der Waals surface area contributed by atoms with Gasteiger partial charge in [-0.25, -0.2) is 0 Å². The van der Waals surface area contributed by atoms with E-state index in [1.165, 1.54) is 18.6 Å². The lowest BCUT2D eigenvalue weighted by Crippen LogP contribution is -2.29. The monoisotopic (exact) mass is 199 g/mol. The van der Waals surface area contributed by atoms with Crippen LogP contribution in [0.25, 0.3) is 0 Å². The van der Waals surface area contributed by atoms with Crippen molar-refractivity contribution in [3.05, 3.63) is 0 Å². The van der Waals surface area contributed by atoms with E-state index in [1.807, 2.05) is 0 Å². The molecule has 0 amide bonds. The third-order valence-corrected chi connectivity index (χ3v) is 2.62. The fraction of sp³-hybridized carbons (Fsp3) is 0.778. The summed E-state index contributed by atoms with van der Waals surface area (Å²) in [6.45, 7) is 4.49. The summed E-state index contributed by atoms with van der Waals surface area (Å²) in [5.74, 6) is 1.38. The smallest absolute Gasteiger partial charge is 0.184 e. The summed E-state index contributed by atoms with van der Waals surface area (Å²) in [5.41, 5.74) is 9.15. The molecule has 0 aliphatic heterocycles. The van der Waals surface area contributed by atoms with Gasteiger partial charge in [0.1, 0.15) is 0 Å². The molecule has 1 saturated carbocycles. The van der Waals surface area contributed by atoms with Crippen molar-refractivity contribution in [2.24, 2.45) is 22.7 Å². The van der Waals surface area contributed by atoms with Gasteiger partial charge >= 0.3 is 0 Å². The van der Waals surface area contributed by atoms with Crippen LogP contribution in [0.2, 0.25) is 0 Å². The minimum absolute atomic E-state index is 0.248. The van der Waals surface area contributed by atoms with Crippen LogP contribution in [0.4, 0.5) is 0 Å². The van der Waals surface area contributed by atoms with Gasteiger partial charge in [-0.15, -0.1) is 0 Å². The molecule has 0 bridgehead atoms. The van der Waals surface area contributed by atoms with Crippen molar-refractivity contribution in [1.82, 2.24) is 5.43 Å². The fourth-order valence-corrected chi connectivity index (χ4v) is 1.84. The van der Waals surface area contributed by atoms with E-state index in [4.69, 9.17) is 5.73 Å². The van der Waals surface area contributed by atoms with Gasteiger partial charge in [0.25, 0.3) is 0 Å². The second kappa shape index (κ2) is 4.56. The molecule has 1 rings (SSSR count). The first-order valence-corrected chi connectivity index (χ1v) is 5.12. The fourth-order valence-electron chi connectivity index (χ4n) is 1.79. The van der Waals surface area contributed by atoms with E-state index >= 15 is 0 Å². The van der Waals surface area contributed by atoms with Crippen molar-refractivity contribution in [3.63, 3.8) is 0 Å². The number of hydrogen-bond donors (Lipinski definition) is 2. The topological polar surface area (TPSA) is 50.4 Å². The molecule has 0 aromatic carbocycles. The number of nitrogens with one attached hydrogen (secondary N) is 1. The van der Waals surface area contributed by atoms with E-state index in [2.05, 4.69) is 36.6 Å². The van der Waals surface area contributed by atoms with Crippen molar-refractivity contribution < 1.29 is 0 Å². The Morgan fingerprint density at radius 1 is 1.62 bits per heavy atom. The molecule has 1 fully saturated rings. The molecule has 13 heavy (non-hydrogen) atoms. The molecule has 0 aromatic rings. The van der Waals surface area contributed by atoms with Crippen LogP contribution in [-0.4, -0.2) is 10.8 Å². The number of hydrazone groups is 1. The summed E-state index contributed by atoms with van der Waals surface area (Å²) in [5, 5.41) is 4.45. The lowest BCUT2D eigenvalue weighted by molar-refractivity contribution is 0.419. The van der Waals surface area contributed by atoms with Crippen LogP contribution >= 0.6 is 12.2 Å². The number of nitrogens with zero attached hydrogens (tertiary/aromatic N) is 1. The number of rotatable bonds is 1. The maximum Gasteiger partial charge on any atom is 0.184 e. The number of hydrogen-bond acceptors (Lipinski definition) is 2. The zero-order valence-electron chi connectivity index (χ0n) is 8.21. The SMILES string of the molecule is CC1CCC(=NNC(N)=S)C(C)C1. The van der Waals surface area contributed by atoms with Gasteiger partial charge < -0.3 is 5.73 Å². The first-order chi connectivity index (χ1) is 6.09. The standard InChI is InChI=1S/C9H17N3S/c1-6-3-4-8(7(2)5-6)11-12-9(10)13/h6-7H,3-5H2,1-2H3,(H3,10,12,13). The van der Waals surface area contributed by atoms with Crippen LogP contribution in [0, 0.1) is 11.8 Å². The summed E-state index contributed by atoms with van der Waals surface area (Å²) in [6, 6.07) is 0. The molecular weight excluding hydrogens is 182 g/mol. The Morgan fingerprint density at radius 2 is 2.31 bits per heavy atom. The van der Waals surface area contributed by atoms with Crippen LogP contribution < -0.4 is 11.2 Å². The summed E-state index contributed by atoms with van der Waals surface area (Å²) in [7, 11) is 0. The molecule has 1 aliphatic carbocycles. The summed E-state index contributed by atoms with van der Waals surface area (Å²) in [4.78, 5) is 0. The summed E-state index contributed by atoms with van der Waals surface area (Å²) < 4.78 is 0. The lowest BCUT2D eigenvalue weighted by Gasteiger charge is -2.25. The largest absolute Gasteiger partial charge is 0.375 e. The second-order valence-corrected chi connectivity index (χ2v) is 4.30. The summed E-state index contributed by atoms with van der Waals surface area (Å²) in [6.07, 6.45) is 3.51. The maximum absolute atomic E-state index is 5.30. The van der Waals surface area contributed by atoms with E-state index < -0.39 is 0 Å². The molecule has 3 N–H and O–H groups in total. The van der Waals surface area contributed by atoms with Gasteiger partial charge in [0, 0.05) is 5.71 Å². The maximum atomic E-state index is 5.30. The predicted octanol–water partition coefficient (Wildman–Crippen LogP) is 1.63. The Balaban J connectivity index is 2.50. The molecule has 0 radical (unpaired) electrons. The minimum atomic E-state index is 0.248. The first-order valence-electron chi connectivity index (χ1n) is 4.71. The molecule has 1 aliphatic rings. The average Bonchev–Trinajstić information content (AvgIpc) is 2.02. The molecular formula is C9H17N3S. The molecule has 0 aromatic heterocycles. The van der Waals surface area contributed by atoms with Gasteiger partial charge in [-0.2, -0.15) is 5.10 Å². The van der Waals surface area contributed by atoms with Crippen LogP contribution in [0.15, 0.2) is 5.10 Å². The van der Waals surface area contributed by atoms with Gasteiger partial charge in [-0.1, -0.05) is 13.8 Å². The molecule has 2 unspecified atom stereocenters. The van der Waals surface area contributed by atoms with Crippen molar-refractivity contribution in [2.75, 3.05) is 0 Å². The Bertz CT molecular complexity index is 225. The summed E-state index contributed by atoms with van der Waals surface area (Å²) >= 11 is 4.69. The van der Waals surface area contributed by atoms with Gasteiger partial charge in [-0.3, -0.25) is 5.43 Å². The highest BCUT2D eigenvalue weighted by Crippen LogP contribution is 2.25. The van der Waals surface area contributed by atoms with Crippen molar-refractivity contribution in [1.29, 1.82) is 0 Å². The molecule has 4 heteroatoms. The number of nitrogens with two attached hydrogens (primary N) is 1. The van der Waals surface area contributed by atoms with Crippen LogP contribution in [0.3, 0.4) is 0 Å². The van der Waals surface area contributed by atoms with E-state index in [0.717, 1.165) is 12.3 Å². The predicted molar refractivity (Wildman–Crippen MR) is 59.5 cm³/mol. The zero-order chi connectivity index (χ0) is 9.84. The third-order valence-electron chi connectivity index (χ3n) is 2.53. The zero-order valence-corrected chi connectivity index (χ0v) is 9.03. The van der Waals surface area contributed by atoms with E-state index in [1.54, 1.807) is 0 Å². The van der Waals surface area contributed by atoms with Gasteiger partial charge in [0.05, 0.1) is 0 Å². The quantitative estimate of drug-likeness (QED) is 0.498. The van der Waals surface area contributed by atoms with Gasteiger partial charge in [0.2, 0.25) is 0 Å². The van der Waals surface area contributed by atoms with Gasteiger partial charge in [-0.05, 0) is 43.3 Å². The normalized spacial score (nSPS) is 31.7. The molecule has 3 nitrogen and oxygen atoms in total. The Hall–Kier alpha value is -0.640. The Kier molecular flexibility index (Phi) is 3.66. The van der Waals surface area contributed by atoms with E-state index in [9.17, 15) is 0 Å². The third kappa shape index (κ3) is 3.30. The first kappa shape index (κ1) is 10.4. The Morgan fingerprint density at radius 3 is 2.85 bits per heavy atom. The van der Waals surface area contributed by atoms with E-state index in [0.29, 0.717) is 5.92 Å². The van der Waals surface area contributed by atoms with Crippen LogP contribution in [-0.2, 0) is 0 Å². The van der Waals surface area contributed by atoms with Gasteiger partial charge in [0.15, 0.2) is 5.11 Å². The highest BCUT2D eigenvalue weighted by Gasteiger charge is 2.20. The molecule has 0 heterocycles. The highest BCUT2D eigenvalue weighted by atomic mass is 32.1. The average molecular weight is 199 g/mol. The van der Waals surface area contributed by atoms with Crippen molar-refractivity contribution in [2.45, 2.75) is 33.1 Å². The number of thiocarbonyl (C=S) groups is 1. The molecule has 74 valence electrons. The molecule has 0 spiro atoms. The van der Waals surface area contributed by atoms with Crippen LogP contribution in [0.1, 0.15) is 33.1 Å². The van der Waals surface area contributed by atoms with Crippen LogP contribution in [0.5, 0.6) is 0 Å². The molecule has 0 saturated heterocycles. The van der Waals surface area contributed by atoms with Crippen molar-refractivity contribution in [3.8, 4) is 0 Å². The minimum Gasteiger partial charge on any atom is -0.375 e. The second-order valence-electron chi connectivity index (χ2n) is 3.86. The lowest BCUT2D eigenvalue weighted by atomic mass is 9.82. The van der Waals surface area contributed by atoms with E-state index in [-0.39, 0.29) is 5.11 Å². The van der Waals surface area contributed by atoms with Crippen molar-refractivity contribution >= 4 is 23.0 Å². The Labute approximate surface area is 84.8 Å².